The molecule has 0 aliphatic carbocycles. The molecule has 2 aromatic heterocycles. The van der Waals surface area contributed by atoms with Gasteiger partial charge >= 0.3 is 13.7 Å². The van der Waals surface area contributed by atoms with Gasteiger partial charge in [-0.1, -0.05) is 0 Å². The highest BCUT2D eigenvalue weighted by atomic mass is 31.2. The van der Waals surface area contributed by atoms with E-state index >= 15 is 0 Å². The third-order valence-electron chi connectivity index (χ3n) is 5.02. The van der Waals surface area contributed by atoms with Crippen molar-refractivity contribution < 1.29 is 33.0 Å². The molecule has 4 N–H and O–H groups in total. The Morgan fingerprint density at radius 1 is 1.45 bits per heavy atom. The number of rotatable bonds is 5. The summed E-state index contributed by atoms with van der Waals surface area (Å²) in [5.74, 6) is -0.561. The number of imidazole rings is 1. The van der Waals surface area contributed by atoms with Gasteiger partial charge in [0.2, 0.25) is 5.95 Å². The Hall–Kier alpha value is -2.15. The van der Waals surface area contributed by atoms with E-state index in [1.807, 2.05) is 0 Å². The van der Waals surface area contributed by atoms with Crippen molar-refractivity contribution in [2.24, 2.45) is 0 Å². The first-order chi connectivity index (χ1) is 14.5. The Morgan fingerprint density at radius 2 is 2.19 bits per heavy atom. The molecule has 0 saturated carbocycles. The molecule has 31 heavy (non-hydrogen) atoms. The van der Waals surface area contributed by atoms with Gasteiger partial charge in [-0.15, -0.1) is 0 Å². The Bertz CT molecular complexity index is 1040. The summed E-state index contributed by atoms with van der Waals surface area (Å²) in [4.78, 5) is 24.3. The molecule has 2 aliphatic heterocycles. The van der Waals surface area contributed by atoms with Crippen LogP contribution in [0.5, 0.6) is 0 Å². The monoisotopic (exact) mass is 456 g/mol. The highest BCUT2D eigenvalue weighted by Gasteiger charge is 2.60. The van der Waals surface area contributed by atoms with Crippen LogP contribution in [0, 0.1) is 0 Å². The largest absolute Gasteiger partial charge is 0.462 e. The van der Waals surface area contributed by atoms with Gasteiger partial charge in [-0.3, -0.25) is 18.4 Å². The summed E-state index contributed by atoms with van der Waals surface area (Å²) in [6, 6.07) is -0.954. The van der Waals surface area contributed by atoms with Gasteiger partial charge in [-0.05, 0) is 27.7 Å². The molecule has 0 spiro atoms. The molecule has 2 aromatic rings. The number of anilines is 1. The zero-order chi connectivity index (χ0) is 22.6. The number of nitrogen functional groups attached to an aromatic ring is 1. The van der Waals surface area contributed by atoms with Crippen molar-refractivity contribution in [3.05, 3.63) is 12.5 Å². The number of hydrogen-bond acceptors (Lipinski definition) is 11. The van der Waals surface area contributed by atoms with Crippen LogP contribution >= 0.6 is 7.75 Å². The van der Waals surface area contributed by atoms with E-state index in [1.165, 1.54) is 30.9 Å². The summed E-state index contributed by atoms with van der Waals surface area (Å²) in [5.41, 5.74) is 4.87. The summed E-state index contributed by atoms with van der Waals surface area (Å²) in [6.07, 6.45) is -0.144. The molecular formula is C17H25N6O7P. The van der Waals surface area contributed by atoms with Crippen molar-refractivity contribution in [1.82, 2.24) is 24.6 Å². The average molecular weight is 456 g/mol. The number of carbonyl (C=O) groups is 1. The number of nitrogens with one attached hydrogen (secondary N) is 1. The van der Waals surface area contributed by atoms with Crippen LogP contribution in [0.4, 0.5) is 5.95 Å². The highest BCUT2D eigenvalue weighted by Crippen LogP contribution is 2.56. The Morgan fingerprint density at radius 3 is 2.90 bits per heavy atom. The third kappa shape index (κ3) is 4.04. The predicted molar refractivity (Wildman–Crippen MR) is 107 cm³/mol. The van der Waals surface area contributed by atoms with Gasteiger partial charge in [0.1, 0.15) is 29.4 Å². The number of aromatic nitrogens is 4. The molecule has 1 unspecified atom stereocenters. The van der Waals surface area contributed by atoms with E-state index in [2.05, 4.69) is 20.0 Å². The fourth-order valence-corrected chi connectivity index (χ4v) is 5.36. The minimum absolute atomic E-state index is 0.0415. The molecule has 170 valence electrons. The SMILES string of the molecule is CC(C)OC(=O)[C@H](C)NP1(=O)OC[C@H]2O[C@@H](n3cnc4cnc(N)nc43)[C@](C)(O)[C@@H]2O1. The molecule has 4 rings (SSSR count). The Balaban J connectivity index is 1.55. The lowest BCUT2D eigenvalue weighted by atomic mass is 9.96. The van der Waals surface area contributed by atoms with Gasteiger partial charge in [0, 0.05) is 0 Å². The molecule has 2 fully saturated rings. The van der Waals surface area contributed by atoms with Crippen molar-refractivity contribution in [2.45, 2.75) is 63.9 Å². The number of esters is 1. The maximum Gasteiger partial charge on any atom is 0.406 e. The highest BCUT2D eigenvalue weighted by molar-refractivity contribution is 7.51. The predicted octanol–water partition coefficient (Wildman–Crippen LogP) is 0.510. The molecule has 0 radical (unpaired) electrons. The number of nitrogens with two attached hydrogens (primary N) is 1. The summed E-state index contributed by atoms with van der Waals surface area (Å²) >= 11 is 0. The number of hydrogen-bond donors (Lipinski definition) is 3. The normalized spacial score (nSPS) is 34.1. The molecule has 13 nitrogen and oxygen atoms in total. The first-order valence-electron chi connectivity index (χ1n) is 9.74. The van der Waals surface area contributed by atoms with Gasteiger partial charge in [0.25, 0.3) is 0 Å². The third-order valence-corrected chi connectivity index (χ3v) is 6.72. The number of nitrogens with zero attached hydrogens (tertiary/aromatic N) is 4. The minimum atomic E-state index is -3.94. The lowest BCUT2D eigenvalue weighted by Crippen LogP contribution is -2.49. The van der Waals surface area contributed by atoms with E-state index in [0.29, 0.717) is 11.2 Å². The van der Waals surface area contributed by atoms with Crippen LogP contribution in [0.25, 0.3) is 11.2 Å². The number of carbonyl (C=O) groups excluding carboxylic acids is 1. The van der Waals surface area contributed by atoms with Crippen LogP contribution in [0.2, 0.25) is 0 Å². The molecule has 0 bridgehead atoms. The average Bonchev–Trinajstić information content (AvgIpc) is 3.19. The van der Waals surface area contributed by atoms with E-state index in [0.717, 1.165) is 0 Å². The van der Waals surface area contributed by atoms with Crippen LogP contribution in [0.15, 0.2) is 12.5 Å². The smallest absolute Gasteiger partial charge is 0.406 e. The minimum Gasteiger partial charge on any atom is -0.462 e. The summed E-state index contributed by atoms with van der Waals surface area (Å²) in [7, 11) is -3.94. The molecular weight excluding hydrogens is 431 g/mol. The number of fused-ring (bicyclic) bond motifs is 2. The number of ether oxygens (including phenoxy) is 2. The molecule has 0 aromatic carbocycles. The maximum absolute atomic E-state index is 13.1. The van der Waals surface area contributed by atoms with Crippen LogP contribution in [-0.2, 0) is 27.9 Å². The topological polar surface area (TPSA) is 173 Å². The van der Waals surface area contributed by atoms with Crippen molar-refractivity contribution in [1.29, 1.82) is 0 Å². The van der Waals surface area contributed by atoms with Crippen LogP contribution in [0.3, 0.4) is 0 Å². The molecule has 2 aliphatic rings. The van der Waals surface area contributed by atoms with Crippen molar-refractivity contribution in [3.8, 4) is 0 Å². The summed E-state index contributed by atoms with van der Waals surface area (Å²) in [6.45, 7) is 6.26. The van der Waals surface area contributed by atoms with E-state index in [9.17, 15) is 14.5 Å². The van der Waals surface area contributed by atoms with Crippen molar-refractivity contribution in [3.63, 3.8) is 0 Å². The van der Waals surface area contributed by atoms with E-state index in [1.54, 1.807) is 13.8 Å². The molecule has 0 amide bonds. The summed E-state index contributed by atoms with van der Waals surface area (Å²) < 4.78 is 36.7. The quantitative estimate of drug-likeness (QED) is 0.421. The fourth-order valence-electron chi connectivity index (χ4n) is 3.59. The summed E-state index contributed by atoms with van der Waals surface area (Å²) in [5, 5.41) is 13.8. The van der Waals surface area contributed by atoms with Crippen LogP contribution in [-0.4, -0.2) is 67.2 Å². The second kappa shape index (κ2) is 7.76. The standard InChI is InChI=1S/C17H25N6O7P/c1-8(2)28-14(24)9(3)22-31(26)27-6-11-12(30-31)17(4,25)15(29-11)23-7-20-10-5-19-16(18)21-13(10)23/h5,7-9,11-12,15,25H,6H2,1-4H3,(H,22,26)(H2,18,19,21)/t9-,11+,12+,15+,17+,31?/m0/s1. The molecule has 2 saturated heterocycles. The lowest BCUT2D eigenvalue weighted by molar-refractivity contribution is -0.149. The zero-order valence-electron chi connectivity index (χ0n) is 17.5. The second-order valence-corrected chi connectivity index (χ2v) is 9.72. The van der Waals surface area contributed by atoms with Gasteiger partial charge < -0.3 is 20.3 Å². The van der Waals surface area contributed by atoms with Crippen molar-refractivity contribution in [2.75, 3.05) is 12.3 Å². The van der Waals surface area contributed by atoms with Gasteiger partial charge in [-0.25, -0.2) is 19.6 Å². The number of aliphatic hydroxyl groups is 1. The van der Waals surface area contributed by atoms with Crippen molar-refractivity contribution >= 4 is 30.8 Å². The van der Waals surface area contributed by atoms with Crippen LogP contribution < -0.4 is 10.8 Å². The fraction of sp³-hybridized carbons (Fsp3) is 0.647. The molecule has 6 atom stereocenters. The Labute approximate surface area is 177 Å². The molecule has 4 heterocycles. The zero-order valence-corrected chi connectivity index (χ0v) is 18.4. The first kappa shape index (κ1) is 22.1. The van der Waals surface area contributed by atoms with Gasteiger partial charge in [0.15, 0.2) is 11.9 Å². The van der Waals surface area contributed by atoms with Gasteiger partial charge in [0.05, 0.1) is 25.2 Å². The van der Waals surface area contributed by atoms with E-state index in [-0.39, 0.29) is 18.7 Å². The Kier molecular flexibility index (Phi) is 5.53. The van der Waals surface area contributed by atoms with E-state index in [4.69, 9.17) is 24.3 Å². The van der Waals surface area contributed by atoms with Gasteiger partial charge in [-0.2, -0.15) is 4.98 Å². The van der Waals surface area contributed by atoms with Crippen LogP contribution in [0.1, 0.15) is 33.9 Å². The molecule has 14 heteroatoms. The van der Waals surface area contributed by atoms with E-state index < -0.39 is 43.8 Å². The lowest BCUT2D eigenvalue weighted by Gasteiger charge is -2.36. The maximum atomic E-state index is 13.1. The first-order valence-corrected chi connectivity index (χ1v) is 11.3. The second-order valence-electron chi connectivity index (χ2n) is 8.00.